The van der Waals surface area contributed by atoms with Crippen molar-refractivity contribution >= 4 is 11.6 Å². The number of nitrogens with one attached hydrogen (secondary N) is 1. The van der Waals surface area contributed by atoms with Crippen molar-refractivity contribution in [3.63, 3.8) is 0 Å². The first-order valence-corrected chi connectivity index (χ1v) is 9.19. The maximum Gasteiger partial charge on any atom is 0.272 e. The Morgan fingerprint density at radius 1 is 1.03 bits per heavy atom. The molecule has 1 amide bonds. The van der Waals surface area contributed by atoms with Gasteiger partial charge in [0.05, 0.1) is 11.5 Å². The minimum atomic E-state index is -1.26. The van der Waals surface area contributed by atoms with E-state index < -0.39 is 16.4 Å². The van der Waals surface area contributed by atoms with Gasteiger partial charge in [0.2, 0.25) is 0 Å². The van der Waals surface area contributed by atoms with Crippen LogP contribution in [0, 0.1) is 17.0 Å². The SMILES string of the molecule is Cc1cc(C(=O)NCC(C)(O)c2ccc(-c3ccccc3)cc2)ccc1[N+](=O)[O-]. The molecule has 2 N–H and O–H groups in total. The van der Waals surface area contributed by atoms with Crippen LogP contribution in [0.15, 0.2) is 72.8 Å². The molecule has 3 aromatic rings. The standard InChI is InChI=1S/C23H22N2O4/c1-16-14-19(10-13-21(16)25(28)29)22(26)24-15-23(2,27)20-11-8-18(9-12-20)17-6-4-3-5-7-17/h3-14,27H,15H2,1-2H3,(H,24,26). The highest BCUT2D eigenvalue weighted by Crippen LogP contribution is 2.25. The van der Waals surface area contributed by atoms with Crippen molar-refractivity contribution in [2.45, 2.75) is 19.4 Å². The molecule has 0 fully saturated rings. The minimum Gasteiger partial charge on any atom is -0.384 e. The third-order valence-corrected chi connectivity index (χ3v) is 4.86. The average Bonchev–Trinajstić information content (AvgIpc) is 2.72. The molecule has 6 nitrogen and oxygen atoms in total. The fourth-order valence-electron chi connectivity index (χ4n) is 3.11. The Bertz CT molecular complexity index is 1030. The number of hydrogen-bond acceptors (Lipinski definition) is 4. The Kier molecular flexibility index (Phi) is 5.75. The quantitative estimate of drug-likeness (QED) is 0.487. The summed E-state index contributed by atoms with van der Waals surface area (Å²) in [5.74, 6) is -0.399. The second-order valence-corrected chi connectivity index (χ2v) is 7.16. The number of aliphatic hydroxyl groups is 1. The summed E-state index contributed by atoms with van der Waals surface area (Å²) < 4.78 is 0. The van der Waals surface area contributed by atoms with Gasteiger partial charge in [-0.2, -0.15) is 0 Å². The van der Waals surface area contributed by atoms with Crippen molar-refractivity contribution < 1.29 is 14.8 Å². The van der Waals surface area contributed by atoms with E-state index in [2.05, 4.69) is 5.32 Å². The molecule has 0 saturated carbocycles. The van der Waals surface area contributed by atoms with Gasteiger partial charge in [0, 0.05) is 17.2 Å². The molecular weight excluding hydrogens is 368 g/mol. The molecule has 3 rings (SSSR count). The van der Waals surface area contributed by atoms with E-state index in [0.29, 0.717) is 16.7 Å². The van der Waals surface area contributed by atoms with Crippen molar-refractivity contribution in [2.24, 2.45) is 0 Å². The normalized spacial score (nSPS) is 12.8. The molecule has 1 unspecified atom stereocenters. The van der Waals surface area contributed by atoms with Crippen LogP contribution in [0.4, 0.5) is 5.69 Å². The summed E-state index contributed by atoms with van der Waals surface area (Å²) in [4.78, 5) is 22.8. The number of carbonyl (C=O) groups is 1. The molecule has 6 heteroatoms. The monoisotopic (exact) mass is 390 g/mol. The van der Waals surface area contributed by atoms with E-state index in [9.17, 15) is 20.0 Å². The predicted octanol–water partition coefficient (Wildman–Crippen LogP) is 4.21. The summed E-state index contributed by atoms with van der Waals surface area (Å²) in [6, 6.07) is 21.6. The van der Waals surface area contributed by atoms with E-state index in [1.807, 2.05) is 54.6 Å². The Hall–Kier alpha value is -3.51. The zero-order valence-electron chi connectivity index (χ0n) is 16.3. The van der Waals surface area contributed by atoms with Gasteiger partial charge in [0.1, 0.15) is 5.60 Å². The Morgan fingerprint density at radius 3 is 2.24 bits per heavy atom. The van der Waals surface area contributed by atoms with Crippen molar-refractivity contribution in [3.05, 3.63) is 99.6 Å². The molecule has 29 heavy (non-hydrogen) atoms. The number of benzene rings is 3. The summed E-state index contributed by atoms with van der Waals surface area (Å²) in [6.45, 7) is 3.22. The summed E-state index contributed by atoms with van der Waals surface area (Å²) in [5, 5.41) is 24.4. The van der Waals surface area contributed by atoms with E-state index in [4.69, 9.17) is 0 Å². The maximum absolute atomic E-state index is 12.4. The highest BCUT2D eigenvalue weighted by molar-refractivity contribution is 5.94. The van der Waals surface area contributed by atoms with Gasteiger partial charge in [-0.25, -0.2) is 0 Å². The number of nitro benzene ring substituents is 1. The summed E-state index contributed by atoms with van der Waals surface area (Å²) in [6.07, 6.45) is 0. The lowest BCUT2D eigenvalue weighted by Crippen LogP contribution is -2.38. The van der Waals surface area contributed by atoms with Gasteiger partial charge in [-0.3, -0.25) is 14.9 Å². The first-order chi connectivity index (χ1) is 13.8. The van der Waals surface area contributed by atoms with E-state index in [1.54, 1.807) is 13.8 Å². The second-order valence-electron chi connectivity index (χ2n) is 7.16. The minimum absolute atomic E-state index is 0.00650. The van der Waals surface area contributed by atoms with Gasteiger partial charge in [0.25, 0.3) is 11.6 Å². The van der Waals surface area contributed by atoms with Crippen molar-refractivity contribution in [3.8, 4) is 11.1 Å². The van der Waals surface area contributed by atoms with E-state index >= 15 is 0 Å². The fraction of sp³-hybridized carbons (Fsp3) is 0.174. The molecule has 0 radical (unpaired) electrons. The van der Waals surface area contributed by atoms with Crippen LogP contribution in [0.1, 0.15) is 28.4 Å². The third kappa shape index (κ3) is 4.67. The fourth-order valence-corrected chi connectivity index (χ4v) is 3.11. The van der Waals surface area contributed by atoms with Gasteiger partial charge >= 0.3 is 0 Å². The molecule has 1 atom stereocenters. The zero-order chi connectivity index (χ0) is 21.0. The van der Waals surface area contributed by atoms with Crippen LogP contribution in [-0.2, 0) is 5.60 Å². The average molecular weight is 390 g/mol. The molecule has 0 aliphatic heterocycles. The Labute approximate surface area is 169 Å². The van der Waals surface area contributed by atoms with Crippen molar-refractivity contribution in [1.29, 1.82) is 0 Å². The highest BCUT2D eigenvalue weighted by Gasteiger charge is 2.24. The predicted molar refractivity (Wildman–Crippen MR) is 112 cm³/mol. The van der Waals surface area contributed by atoms with Crippen LogP contribution in [0.5, 0.6) is 0 Å². The lowest BCUT2D eigenvalue weighted by molar-refractivity contribution is -0.385. The Morgan fingerprint density at radius 2 is 1.66 bits per heavy atom. The van der Waals surface area contributed by atoms with Crippen LogP contribution in [0.25, 0.3) is 11.1 Å². The number of carbonyl (C=O) groups excluding carboxylic acids is 1. The molecule has 0 spiro atoms. The number of amides is 1. The molecule has 0 aromatic heterocycles. The van der Waals surface area contributed by atoms with E-state index in [0.717, 1.165) is 11.1 Å². The molecule has 3 aromatic carbocycles. The zero-order valence-corrected chi connectivity index (χ0v) is 16.3. The largest absolute Gasteiger partial charge is 0.384 e. The van der Waals surface area contributed by atoms with E-state index in [1.165, 1.54) is 18.2 Å². The summed E-state index contributed by atoms with van der Waals surface area (Å²) in [7, 11) is 0. The van der Waals surface area contributed by atoms with Crippen LogP contribution in [-0.4, -0.2) is 22.5 Å². The van der Waals surface area contributed by atoms with Crippen LogP contribution < -0.4 is 5.32 Å². The van der Waals surface area contributed by atoms with Crippen LogP contribution in [0.3, 0.4) is 0 Å². The van der Waals surface area contributed by atoms with Gasteiger partial charge in [-0.15, -0.1) is 0 Å². The first kappa shape index (κ1) is 20.2. The lowest BCUT2D eigenvalue weighted by atomic mass is 9.93. The Balaban J connectivity index is 1.68. The second kappa shape index (κ2) is 8.24. The number of rotatable bonds is 6. The van der Waals surface area contributed by atoms with Crippen LogP contribution >= 0.6 is 0 Å². The van der Waals surface area contributed by atoms with E-state index in [-0.39, 0.29) is 12.2 Å². The highest BCUT2D eigenvalue weighted by atomic mass is 16.6. The molecule has 148 valence electrons. The third-order valence-electron chi connectivity index (χ3n) is 4.86. The molecule has 0 heterocycles. The van der Waals surface area contributed by atoms with Crippen LogP contribution in [0.2, 0.25) is 0 Å². The van der Waals surface area contributed by atoms with Gasteiger partial charge in [-0.1, -0.05) is 54.6 Å². The molecule has 0 aliphatic rings. The van der Waals surface area contributed by atoms with Gasteiger partial charge in [-0.05, 0) is 42.7 Å². The number of aryl methyl sites for hydroxylation is 1. The summed E-state index contributed by atoms with van der Waals surface area (Å²) >= 11 is 0. The maximum atomic E-state index is 12.4. The first-order valence-electron chi connectivity index (χ1n) is 9.19. The molecule has 0 aliphatic carbocycles. The number of hydrogen-bond donors (Lipinski definition) is 2. The van der Waals surface area contributed by atoms with Gasteiger partial charge in [0.15, 0.2) is 0 Å². The topological polar surface area (TPSA) is 92.5 Å². The molecule has 0 bridgehead atoms. The smallest absolute Gasteiger partial charge is 0.272 e. The number of nitro groups is 1. The molecular formula is C23H22N2O4. The summed E-state index contributed by atoms with van der Waals surface area (Å²) in [5.41, 5.74) is 2.22. The van der Waals surface area contributed by atoms with Gasteiger partial charge < -0.3 is 10.4 Å². The molecule has 0 saturated heterocycles. The van der Waals surface area contributed by atoms with Crippen molar-refractivity contribution in [2.75, 3.05) is 6.54 Å². The number of nitrogens with zero attached hydrogens (tertiary/aromatic N) is 1. The van der Waals surface area contributed by atoms with Crippen molar-refractivity contribution in [1.82, 2.24) is 5.32 Å². The lowest BCUT2D eigenvalue weighted by Gasteiger charge is -2.24.